The first-order valence-corrected chi connectivity index (χ1v) is 19.0. The Balaban J connectivity index is 1.10. The van der Waals surface area contributed by atoms with E-state index in [4.69, 9.17) is 4.74 Å². The SMILES string of the molecule is CC(C)(C)c1cc2c3c(c1)c1c(-c4ccc(N(c5ccc(-c6ccccc6)cc5)c5ccc(-c6ccccc6)cc5)cc4)cccc1n3-c1ccccc1O2. The summed E-state index contributed by atoms with van der Waals surface area (Å²) in [6, 6.07) is 67.6. The lowest BCUT2D eigenvalue weighted by molar-refractivity contribution is 0.473. The summed E-state index contributed by atoms with van der Waals surface area (Å²) in [6.07, 6.45) is 0. The van der Waals surface area contributed by atoms with Crippen LogP contribution in [0.1, 0.15) is 26.3 Å². The van der Waals surface area contributed by atoms with E-state index in [2.05, 4.69) is 212 Å². The molecule has 3 nitrogen and oxygen atoms in total. The van der Waals surface area contributed by atoms with Crippen molar-refractivity contribution in [1.29, 1.82) is 0 Å². The van der Waals surface area contributed by atoms with Crippen LogP contribution in [0.3, 0.4) is 0 Å². The number of benzene rings is 8. The lowest BCUT2D eigenvalue weighted by Crippen LogP contribution is -2.12. The maximum atomic E-state index is 6.63. The maximum Gasteiger partial charge on any atom is 0.152 e. The zero-order valence-electron chi connectivity index (χ0n) is 31.2. The van der Waals surface area contributed by atoms with Crippen molar-refractivity contribution in [2.24, 2.45) is 0 Å². The summed E-state index contributed by atoms with van der Waals surface area (Å²) >= 11 is 0. The van der Waals surface area contributed by atoms with Gasteiger partial charge in [-0.15, -0.1) is 0 Å². The molecule has 0 unspecified atom stereocenters. The van der Waals surface area contributed by atoms with E-state index in [9.17, 15) is 0 Å². The van der Waals surface area contributed by atoms with Gasteiger partial charge in [-0.05, 0) is 111 Å². The quantitative estimate of drug-likeness (QED) is 0.171. The van der Waals surface area contributed by atoms with Gasteiger partial charge in [-0.1, -0.05) is 142 Å². The Morgan fingerprint density at radius 2 is 0.964 bits per heavy atom. The van der Waals surface area contributed by atoms with Crippen LogP contribution in [0.4, 0.5) is 17.1 Å². The second-order valence-electron chi connectivity index (χ2n) is 15.4. The Labute approximate surface area is 322 Å². The molecule has 0 saturated carbocycles. The van der Waals surface area contributed by atoms with Crippen molar-refractivity contribution in [2.75, 3.05) is 4.90 Å². The van der Waals surface area contributed by atoms with Gasteiger partial charge in [0.25, 0.3) is 0 Å². The number of para-hydroxylation sites is 2. The van der Waals surface area contributed by atoms with Gasteiger partial charge in [-0.2, -0.15) is 0 Å². The molecule has 10 rings (SSSR count). The van der Waals surface area contributed by atoms with Crippen LogP contribution in [-0.4, -0.2) is 4.57 Å². The number of rotatable bonds is 6. The van der Waals surface area contributed by atoms with Crippen molar-refractivity contribution >= 4 is 38.9 Å². The summed E-state index contributed by atoms with van der Waals surface area (Å²) < 4.78 is 9.02. The normalized spacial score (nSPS) is 12.1. The molecule has 264 valence electrons. The molecule has 0 spiro atoms. The molecule has 9 aromatic rings. The molecular formula is C52H40N2O. The first kappa shape index (κ1) is 32.8. The minimum Gasteiger partial charge on any atom is -0.453 e. The number of aromatic nitrogens is 1. The van der Waals surface area contributed by atoms with Crippen LogP contribution in [0, 0.1) is 0 Å². The molecule has 2 heterocycles. The fourth-order valence-corrected chi connectivity index (χ4v) is 8.11. The lowest BCUT2D eigenvalue weighted by Gasteiger charge is -2.26. The molecule has 1 aromatic heterocycles. The summed E-state index contributed by atoms with van der Waals surface area (Å²) in [5, 5.41) is 2.45. The van der Waals surface area contributed by atoms with Crippen LogP contribution in [0.2, 0.25) is 0 Å². The Morgan fingerprint density at radius 1 is 0.455 bits per heavy atom. The lowest BCUT2D eigenvalue weighted by atomic mass is 9.85. The van der Waals surface area contributed by atoms with E-state index in [0.717, 1.165) is 39.8 Å². The Bertz CT molecular complexity index is 2750. The fraction of sp³-hybridized carbons (Fsp3) is 0.0769. The van der Waals surface area contributed by atoms with Gasteiger partial charge in [0.2, 0.25) is 0 Å². The Hall–Kier alpha value is -6.84. The smallest absolute Gasteiger partial charge is 0.152 e. The highest BCUT2D eigenvalue weighted by Crippen LogP contribution is 2.49. The van der Waals surface area contributed by atoms with Crippen molar-refractivity contribution in [1.82, 2.24) is 4.57 Å². The van der Waals surface area contributed by atoms with Crippen molar-refractivity contribution in [3.63, 3.8) is 0 Å². The fourth-order valence-electron chi connectivity index (χ4n) is 8.11. The first-order valence-electron chi connectivity index (χ1n) is 19.0. The third-order valence-electron chi connectivity index (χ3n) is 10.9. The van der Waals surface area contributed by atoms with E-state index in [-0.39, 0.29) is 5.41 Å². The number of fused-ring (bicyclic) bond motifs is 5. The van der Waals surface area contributed by atoms with Crippen LogP contribution >= 0.6 is 0 Å². The van der Waals surface area contributed by atoms with Gasteiger partial charge in [0.1, 0.15) is 0 Å². The summed E-state index contributed by atoms with van der Waals surface area (Å²) in [5.74, 6) is 1.79. The minimum atomic E-state index is -0.0436. The van der Waals surface area contributed by atoms with Crippen LogP contribution in [0.5, 0.6) is 11.5 Å². The van der Waals surface area contributed by atoms with Crippen molar-refractivity contribution in [3.05, 3.63) is 194 Å². The molecule has 55 heavy (non-hydrogen) atoms. The summed E-state index contributed by atoms with van der Waals surface area (Å²) in [7, 11) is 0. The Morgan fingerprint density at radius 3 is 1.53 bits per heavy atom. The summed E-state index contributed by atoms with van der Waals surface area (Å²) in [5.41, 5.74) is 15.1. The van der Waals surface area contributed by atoms with E-state index in [1.807, 2.05) is 6.07 Å². The van der Waals surface area contributed by atoms with Gasteiger partial charge in [0.15, 0.2) is 11.5 Å². The molecule has 1 aliphatic heterocycles. The molecule has 1 aliphatic rings. The number of nitrogens with zero attached hydrogens (tertiary/aromatic N) is 2. The van der Waals surface area contributed by atoms with Crippen LogP contribution in [0.25, 0.3) is 60.9 Å². The number of hydrogen-bond donors (Lipinski definition) is 0. The standard InChI is InChI=1S/C52H40N2O/c1-52(2,3)40-33-45-50-44(17-12-19-47(50)54-46-18-10-11-20-48(46)55-49(34-40)51(45)54)39-25-31-43(32-26-39)53(41-27-21-37(22-28-41)35-13-6-4-7-14-35)42-29-23-38(24-30-42)36-15-8-5-9-16-36/h4-34H,1-3H3. The van der Waals surface area contributed by atoms with Crippen LogP contribution < -0.4 is 9.64 Å². The van der Waals surface area contributed by atoms with Crippen molar-refractivity contribution in [3.8, 4) is 50.6 Å². The van der Waals surface area contributed by atoms with Gasteiger partial charge >= 0.3 is 0 Å². The first-order chi connectivity index (χ1) is 26.9. The van der Waals surface area contributed by atoms with Gasteiger partial charge in [-0.25, -0.2) is 0 Å². The van der Waals surface area contributed by atoms with Crippen molar-refractivity contribution < 1.29 is 4.74 Å². The van der Waals surface area contributed by atoms with Gasteiger partial charge in [0.05, 0.1) is 16.7 Å². The van der Waals surface area contributed by atoms with Gasteiger partial charge in [-0.3, -0.25) is 0 Å². The van der Waals surface area contributed by atoms with E-state index in [1.165, 1.54) is 55.2 Å². The molecule has 0 fully saturated rings. The van der Waals surface area contributed by atoms with Crippen molar-refractivity contribution in [2.45, 2.75) is 26.2 Å². The monoisotopic (exact) mass is 708 g/mol. The second kappa shape index (κ2) is 12.9. The number of ether oxygens (including phenoxy) is 1. The molecule has 8 aromatic carbocycles. The molecule has 0 aliphatic carbocycles. The van der Waals surface area contributed by atoms with Crippen LogP contribution in [0.15, 0.2) is 188 Å². The van der Waals surface area contributed by atoms with Gasteiger partial charge < -0.3 is 14.2 Å². The number of hydrogen-bond acceptors (Lipinski definition) is 2. The number of anilines is 3. The van der Waals surface area contributed by atoms with E-state index < -0.39 is 0 Å². The molecule has 3 heteroatoms. The molecule has 0 radical (unpaired) electrons. The second-order valence-corrected chi connectivity index (χ2v) is 15.4. The zero-order chi connectivity index (χ0) is 37.1. The highest BCUT2D eigenvalue weighted by Gasteiger charge is 2.28. The molecular weight excluding hydrogens is 669 g/mol. The van der Waals surface area contributed by atoms with E-state index in [0.29, 0.717) is 0 Å². The molecule has 0 N–H and O–H groups in total. The maximum absolute atomic E-state index is 6.63. The third kappa shape index (κ3) is 5.68. The average Bonchev–Trinajstić information content (AvgIpc) is 3.58. The predicted molar refractivity (Wildman–Crippen MR) is 231 cm³/mol. The summed E-state index contributed by atoms with van der Waals surface area (Å²) in [6.45, 7) is 6.81. The van der Waals surface area contributed by atoms with E-state index >= 15 is 0 Å². The van der Waals surface area contributed by atoms with Gasteiger partial charge in [0, 0.05) is 27.8 Å². The minimum absolute atomic E-state index is 0.0436. The highest BCUT2D eigenvalue weighted by molar-refractivity contribution is 6.18. The summed E-state index contributed by atoms with van der Waals surface area (Å²) in [4.78, 5) is 2.35. The average molecular weight is 709 g/mol. The third-order valence-corrected chi connectivity index (χ3v) is 10.9. The highest BCUT2D eigenvalue weighted by atomic mass is 16.5. The molecule has 0 amide bonds. The topological polar surface area (TPSA) is 17.4 Å². The van der Waals surface area contributed by atoms with E-state index in [1.54, 1.807) is 0 Å². The molecule has 0 bridgehead atoms. The molecule has 0 saturated heterocycles. The molecule has 0 atom stereocenters. The Kier molecular flexibility index (Phi) is 7.71. The zero-order valence-corrected chi connectivity index (χ0v) is 31.2. The van der Waals surface area contributed by atoms with Crippen LogP contribution in [-0.2, 0) is 5.41 Å². The largest absolute Gasteiger partial charge is 0.453 e. The predicted octanol–water partition coefficient (Wildman–Crippen LogP) is 14.7.